The second-order valence-electron chi connectivity index (χ2n) is 16.8. The first-order chi connectivity index (χ1) is 34.7. The quantitative estimate of drug-likeness (QED) is 0.0232. The van der Waals surface area contributed by atoms with Gasteiger partial charge in [0, 0.05) is 43.7 Å². The molecule has 7 aromatic carbocycles. The maximum Gasteiger partial charge on any atom is 0.356 e. The van der Waals surface area contributed by atoms with Gasteiger partial charge in [0.2, 0.25) is 5.91 Å². The van der Waals surface area contributed by atoms with Gasteiger partial charge in [0.05, 0.1) is 15.4 Å². The van der Waals surface area contributed by atoms with Crippen LogP contribution in [-0.4, -0.2) is 47.8 Å². The highest BCUT2D eigenvalue weighted by atomic mass is 32.2. The van der Waals surface area contributed by atoms with Crippen LogP contribution in [0, 0.1) is 16.0 Å². The second-order valence-corrected chi connectivity index (χ2v) is 22.3. The van der Waals surface area contributed by atoms with Gasteiger partial charge in [-0.05, 0) is 50.3 Å². The van der Waals surface area contributed by atoms with Crippen LogP contribution in [0.4, 0.5) is 5.69 Å². The molecule has 1 aliphatic rings. The maximum absolute atomic E-state index is 16.3. The molecule has 0 N–H and O–H groups in total. The van der Waals surface area contributed by atoms with Crippen molar-refractivity contribution in [2.45, 2.75) is 29.8 Å². The molecule has 71 heavy (non-hydrogen) atoms. The molecule has 9 aromatic rings. The van der Waals surface area contributed by atoms with Crippen molar-refractivity contribution < 1.29 is 28.8 Å². The molecule has 2 aromatic heterocycles. The van der Waals surface area contributed by atoms with Crippen molar-refractivity contribution in [3.63, 3.8) is 0 Å². The average Bonchev–Trinajstić information content (AvgIpc) is 4.06. The molecule has 0 bridgehead atoms. The molecule has 0 radical (unpaired) electrons. The minimum absolute atomic E-state index is 0.105. The Bertz CT molecular complexity index is 3200. The first-order valence-corrected chi connectivity index (χ1v) is 26.4. The summed E-state index contributed by atoms with van der Waals surface area (Å²) in [6.07, 6.45) is 2.32. The van der Waals surface area contributed by atoms with Gasteiger partial charge in [-0.15, -0.1) is 23.1 Å². The number of amides is 1. The summed E-state index contributed by atoms with van der Waals surface area (Å²) in [5.74, 6) is -2.87. The summed E-state index contributed by atoms with van der Waals surface area (Å²) in [6, 6.07) is 65.4. The minimum Gasteiger partial charge on any atom is -0.456 e. The Morgan fingerprint density at radius 3 is 1.63 bits per heavy atom. The van der Waals surface area contributed by atoms with Gasteiger partial charge in [-0.1, -0.05) is 182 Å². The van der Waals surface area contributed by atoms with E-state index in [2.05, 4.69) is 41.4 Å². The van der Waals surface area contributed by atoms with Crippen LogP contribution in [0.1, 0.15) is 41.0 Å². The fraction of sp³-hybridized carbons (Fsp3) is 0.105. The SMILES string of the molecule is CC(=O)OC(c1csc2nccn12)C1C(=O)N(C(C(=O)OCc2ccc([N+](=O)[O-])cc2)=P(c2ccccc2)(c2ccccc2)c2ccccc2)C1SC(c1ccccc1)(c1ccccc1)c1ccccc1. The van der Waals surface area contributed by atoms with Crippen LogP contribution in [0.2, 0.25) is 0 Å². The first kappa shape index (κ1) is 46.9. The molecule has 1 fully saturated rings. The number of nitrogens with zero attached hydrogens (tertiary/aromatic N) is 4. The molecular formula is C57H45N4O7PS2. The Morgan fingerprint density at radius 1 is 0.718 bits per heavy atom. The number of imidazole rings is 1. The maximum atomic E-state index is 16.3. The Labute approximate surface area is 418 Å². The summed E-state index contributed by atoms with van der Waals surface area (Å²) < 4.78 is 13.6. The molecule has 0 aliphatic carbocycles. The number of hydrogen-bond acceptors (Lipinski definition) is 10. The van der Waals surface area contributed by atoms with E-state index >= 15 is 9.59 Å². The lowest BCUT2D eigenvalue weighted by molar-refractivity contribution is -0.384. The lowest BCUT2D eigenvalue weighted by Gasteiger charge is -2.53. The monoisotopic (exact) mass is 992 g/mol. The zero-order valence-corrected chi connectivity index (χ0v) is 40.7. The Hall–Kier alpha value is -7.83. The summed E-state index contributed by atoms with van der Waals surface area (Å²) >= 11 is 2.87. The number of fused-ring (bicyclic) bond motifs is 1. The van der Waals surface area contributed by atoms with Gasteiger partial charge in [0.15, 0.2) is 11.1 Å². The zero-order valence-electron chi connectivity index (χ0n) is 38.2. The second kappa shape index (κ2) is 20.3. The smallest absolute Gasteiger partial charge is 0.356 e. The van der Waals surface area contributed by atoms with Crippen molar-refractivity contribution in [2.75, 3.05) is 0 Å². The van der Waals surface area contributed by atoms with Crippen molar-refractivity contribution in [3.05, 3.63) is 262 Å². The normalized spacial score (nSPS) is 15.1. The molecule has 14 heteroatoms. The van der Waals surface area contributed by atoms with Crippen LogP contribution in [0.3, 0.4) is 0 Å². The molecule has 1 amide bonds. The third-order valence-corrected chi connectivity index (χ3v) is 19.6. The van der Waals surface area contributed by atoms with Gasteiger partial charge in [-0.3, -0.25) is 29.0 Å². The molecule has 0 spiro atoms. The lowest BCUT2D eigenvalue weighted by Crippen LogP contribution is -2.67. The van der Waals surface area contributed by atoms with Gasteiger partial charge in [0.25, 0.3) is 5.69 Å². The molecule has 1 saturated heterocycles. The predicted octanol–water partition coefficient (Wildman–Crippen LogP) is 10.3. The van der Waals surface area contributed by atoms with Crippen LogP contribution >= 0.6 is 30.0 Å². The summed E-state index contributed by atoms with van der Waals surface area (Å²) in [4.78, 5) is 63.9. The number of likely N-dealkylation sites (tertiary alicyclic amines) is 1. The van der Waals surface area contributed by atoms with Crippen LogP contribution in [-0.2, 0) is 35.2 Å². The van der Waals surface area contributed by atoms with Crippen molar-refractivity contribution in [2.24, 2.45) is 5.92 Å². The van der Waals surface area contributed by atoms with E-state index in [1.165, 1.54) is 42.2 Å². The number of carbonyl (C=O) groups is 3. The number of nitro groups is 1. The Balaban J connectivity index is 1.30. The van der Waals surface area contributed by atoms with E-state index in [-0.39, 0.29) is 17.7 Å². The van der Waals surface area contributed by atoms with Gasteiger partial charge >= 0.3 is 11.9 Å². The van der Waals surface area contributed by atoms with Crippen LogP contribution in [0.25, 0.3) is 4.96 Å². The van der Waals surface area contributed by atoms with Gasteiger partial charge in [0.1, 0.15) is 23.3 Å². The van der Waals surface area contributed by atoms with E-state index in [1.807, 2.05) is 155 Å². The third kappa shape index (κ3) is 8.67. The number of esters is 2. The highest BCUT2D eigenvalue weighted by molar-refractivity contribution is 8.01. The number of carbonyl (C=O) groups excluding carboxylic acids is 3. The number of aromatic nitrogens is 2. The molecule has 10 rings (SSSR count). The fourth-order valence-corrected chi connectivity index (χ4v) is 16.8. The summed E-state index contributed by atoms with van der Waals surface area (Å²) in [7, 11) is 0. The standard InChI is InChI=1S/C57H45N4O7PS2/c1-40(62)68-51(49-39-70-56-58-36-37-59(49)56)50-52(63)60(54(50)71-57(42-20-8-2-9-21-42,43-22-10-3-11-23-43)44-24-12-4-13-25-44)53(55(64)67-38-41-32-34-45(35-33-41)61(65)66)69(46-26-14-5-15-27-46,47-28-16-6-17-29-47)48-30-18-7-19-31-48/h2-37,39,50-51,54H,38H2,1H3. The van der Waals surface area contributed by atoms with Crippen LogP contribution in [0.15, 0.2) is 224 Å². The van der Waals surface area contributed by atoms with Crippen LogP contribution < -0.4 is 15.9 Å². The van der Waals surface area contributed by atoms with E-state index in [1.54, 1.807) is 29.4 Å². The Morgan fingerprint density at radius 2 is 1.18 bits per heavy atom. The van der Waals surface area contributed by atoms with Crippen molar-refractivity contribution in [1.29, 1.82) is 0 Å². The predicted molar refractivity (Wildman–Crippen MR) is 282 cm³/mol. The molecule has 3 unspecified atom stereocenters. The first-order valence-electron chi connectivity index (χ1n) is 22.8. The van der Waals surface area contributed by atoms with Crippen molar-refractivity contribution in [3.8, 4) is 0 Å². The zero-order chi connectivity index (χ0) is 49.0. The number of β-lactam (4-membered cyclic amide) rings is 1. The molecule has 352 valence electrons. The lowest BCUT2D eigenvalue weighted by atomic mass is 9.84. The van der Waals surface area contributed by atoms with E-state index < -0.39 is 51.8 Å². The minimum atomic E-state index is -3.49. The Kier molecular flexibility index (Phi) is 13.4. The van der Waals surface area contributed by atoms with Crippen LogP contribution in [0.5, 0.6) is 0 Å². The highest BCUT2D eigenvalue weighted by Crippen LogP contribution is 2.59. The molecule has 3 atom stereocenters. The number of hydrogen-bond donors (Lipinski definition) is 0. The van der Waals surface area contributed by atoms with E-state index in [0.717, 1.165) is 32.6 Å². The number of benzene rings is 7. The van der Waals surface area contributed by atoms with E-state index in [9.17, 15) is 14.9 Å². The summed E-state index contributed by atoms with van der Waals surface area (Å²) in [6.45, 7) is -2.41. The summed E-state index contributed by atoms with van der Waals surface area (Å²) in [5, 5.41) is 14.9. The summed E-state index contributed by atoms with van der Waals surface area (Å²) in [5.41, 5.74) is 3.82. The molecular weight excluding hydrogens is 948 g/mol. The number of ether oxygens (including phenoxy) is 2. The topological polar surface area (TPSA) is 133 Å². The number of thioether (sulfide) groups is 1. The van der Waals surface area contributed by atoms with Gasteiger partial charge < -0.3 is 9.47 Å². The number of rotatable bonds is 16. The molecule has 0 saturated carbocycles. The number of thiazole rings is 1. The van der Waals surface area contributed by atoms with Crippen molar-refractivity contribution >= 4 is 79.8 Å². The van der Waals surface area contributed by atoms with Crippen molar-refractivity contribution in [1.82, 2.24) is 14.3 Å². The number of nitro benzene ring substituents is 1. The van der Waals surface area contributed by atoms with E-state index in [4.69, 9.17) is 9.47 Å². The molecule has 1 aliphatic heterocycles. The number of non-ortho nitro benzene ring substituents is 1. The average molecular weight is 993 g/mol. The van der Waals surface area contributed by atoms with E-state index in [0.29, 0.717) is 16.2 Å². The molecule has 11 nitrogen and oxygen atoms in total. The largest absolute Gasteiger partial charge is 0.456 e. The fourth-order valence-electron chi connectivity index (χ4n) is 9.56. The molecule has 3 heterocycles. The highest BCUT2D eigenvalue weighted by Gasteiger charge is 2.61. The third-order valence-electron chi connectivity index (χ3n) is 12.7. The van der Waals surface area contributed by atoms with Gasteiger partial charge in [-0.25, -0.2) is 9.78 Å². The van der Waals surface area contributed by atoms with Gasteiger partial charge in [-0.2, -0.15) is 0 Å².